The first-order chi connectivity index (χ1) is 8.56. The Kier molecular flexibility index (Phi) is 4.44. The third-order valence-electron chi connectivity index (χ3n) is 2.79. The average Bonchev–Trinajstić information content (AvgIpc) is 2.73. The first kappa shape index (κ1) is 13.6. The van der Waals surface area contributed by atoms with Crippen molar-refractivity contribution in [3.63, 3.8) is 0 Å². The number of thiophene rings is 1. The number of aryl methyl sites for hydroxylation is 1. The molecule has 1 N–H and O–H groups in total. The van der Waals surface area contributed by atoms with Gasteiger partial charge in [-0.3, -0.25) is 0 Å². The SMILES string of the molecule is Cc1cc(-c2ccc(CNC(C)C)cc2Cl)cs1. The fourth-order valence-corrected chi connectivity index (χ4v) is 2.82. The third-order valence-corrected chi connectivity index (χ3v) is 3.96. The molecule has 0 saturated heterocycles. The third kappa shape index (κ3) is 3.35. The molecule has 0 radical (unpaired) electrons. The van der Waals surface area contributed by atoms with E-state index >= 15 is 0 Å². The van der Waals surface area contributed by atoms with Crippen LogP contribution in [0.3, 0.4) is 0 Å². The highest BCUT2D eigenvalue weighted by atomic mass is 35.5. The molecule has 3 heteroatoms. The highest BCUT2D eigenvalue weighted by molar-refractivity contribution is 7.10. The monoisotopic (exact) mass is 279 g/mol. The Morgan fingerprint density at radius 2 is 2.06 bits per heavy atom. The first-order valence-corrected chi connectivity index (χ1v) is 7.39. The molecule has 1 heterocycles. The van der Waals surface area contributed by atoms with E-state index < -0.39 is 0 Å². The smallest absolute Gasteiger partial charge is 0.0487 e. The lowest BCUT2D eigenvalue weighted by Gasteiger charge is -2.10. The van der Waals surface area contributed by atoms with E-state index in [2.05, 4.69) is 55.7 Å². The van der Waals surface area contributed by atoms with Gasteiger partial charge in [-0.25, -0.2) is 0 Å². The highest BCUT2D eigenvalue weighted by Crippen LogP contribution is 2.31. The Bertz CT molecular complexity index is 531. The summed E-state index contributed by atoms with van der Waals surface area (Å²) in [5.74, 6) is 0. The van der Waals surface area contributed by atoms with Crippen LogP contribution >= 0.6 is 22.9 Å². The van der Waals surface area contributed by atoms with E-state index in [-0.39, 0.29) is 0 Å². The number of benzene rings is 1. The van der Waals surface area contributed by atoms with E-state index in [4.69, 9.17) is 11.6 Å². The molecule has 96 valence electrons. The van der Waals surface area contributed by atoms with Crippen LogP contribution in [0.5, 0.6) is 0 Å². The number of hydrogen-bond donors (Lipinski definition) is 1. The zero-order chi connectivity index (χ0) is 13.1. The van der Waals surface area contributed by atoms with E-state index in [0.717, 1.165) is 17.1 Å². The van der Waals surface area contributed by atoms with Gasteiger partial charge in [0, 0.05) is 28.0 Å². The van der Waals surface area contributed by atoms with Crippen LogP contribution in [0.1, 0.15) is 24.3 Å². The molecule has 0 aliphatic carbocycles. The van der Waals surface area contributed by atoms with Gasteiger partial charge in [-0.1, -0.05) is 37.6 Å². The quantitative estimate of drug-likeness (QED) is 0.841. The molecule has 2 aromatic rings. The van der Waals surface area contributed by atoms with Crippen LogP contribution in [-0.4, -0.2) is 6.04 Å². The Balaban J connectivity index is 2.20. The first-order valence-electron chi connectivity index (χ1n) is 6.13. The summed E-state index contributed by atoms with van der Waals surface area (Å²) in [6, 6.07) is 8.98. The maximum Gasteiger partial charge on any atom is 0.0487 e. The van der Waals surface area contributed by atoms with Gasteiger partial charge in [0.25, 0.3) is 0 Å². The molecule has 0 aliphatic heterocycles. The van der Waals surface area contributed by atoms with Crippen LogP contribution in [0.25, 0.3) is 11.1 Å². The van der Waals surface area contributed by atoms with Crippen molar-refractivity contribution in [1.82, 2.24) is 5.32 Å². The van der Waals surface area contributed by atoms with E-state index in [9.17, 15) is 0 Å². The van der Waals surface area contributed by atoms with Crippen LogP contribution in [0.2, 0.25) is 5.02 Å². The molecule has 0 fully saturated rings. The molecule has 1 aromatic carbocycles. The normalized spacial score (nSPS) is 11.2. The van der Waals surface area contributed by atoms with Crippen molar-refractivity contribution in [3.8, 4) is 11.1 Å². The largest absolute Gasteiger partial charge is 0.310 e. The van der Waals surface area contributed by atoms with E-state index in [1.807, 2.05) is 0 Å². The zero-order valence-corrected chi connectivity index (χ0v) is 12.5. The van der Waals surface area contributed by atoms with Crippen molar-refractivity contribution >= 4 is 22.9 Å². The topological polar surface area (TPSA) is 12.0 Å². The molecule has 1 aromatic heterocycles. The van der Waals surface area contributed by atoms with Crippen LogP contribution < -0.4 is 5.32 Å². The second-order valence-corrected chi connectivity index (χ2v) is 6.32. The maximum absolute atomic E-state index is 6.37. The standard InChI is InChI=1S/C15H18ClNS/c1-10(2)17-8-12-4-5-14(15(16)7-12)13-6-11(3)18-9-13/h4-7,9-10,17H,8H2,1-3H3. The number of halogens is 1. The number of hydrogen-bond acceptors (Lipinski definition) is 2. The summed E-state index contributed by atoms with van der Waals surface area (Å²) in [5.41, 5.74) is 3.56. The predicted molar refractivity (Wildman–Crippen MR) is 81.5 cm³/mol. The van der Waals surface area contributed by atoms with Crippen LogP contribution in [0, 0.1) is 6.92 Å². The molecule has 0 unspecified atom stereocenters. The highest BCUT2D eigenvalue weighted by Gasteiger charge is 2.06. The number of nitrogens with one attached hydrogen (secondary N) is 1. The minimum Gasteiger partial charge on any atom is -0.310 e. The fraction of sp³-hybridized carbons (Fsp3) is 0.333. The lowest BCUT2D eigenvalue weighted by molar-refractivity contribution is 0.589. The number of rotatable bonds is 4. The van der Waals surface area contributed by atoms with Gasteiger partial charge in [0.05, 0.1) is 0 Å². The summed E-state index contributed by atoms with van der Waals surface area (Å²) in [5, 5.41) is 6.38. The van der Waals surface area contributed by atoms with Crippen LogP contribution in [0.15, 0.2) is 29.6 Å². The summed E-state index contributed by atoms with van der Waals surface area (Å²) in [4.78, 5) is 1.31. The Labute approximate surface area is 118 Å². The maximum atomic E-state index is 6.37. The van der Waals surface area contributed by atoms with Crippen molar-refractivity contribution in [2.45, 2.75) is 33.4 Å². The molecular formula is C15H18ClNS. The van der Waals surface area contributed by atoms with E-state index in [1.54, 1.807) is 11.3 Å². The molecule has 0 aliphatic rings. The van der Waals surface area contributed by atoms with Gasteiger partial charge < -0.3 is 5.32 Å². The van der Waals surface area contributed by atoms with Gasteiger partial charge in [0.2, 0.25) is 0 Å². The van der Waals surface area contributed by atoms with Gasteiger partial charge in [0.15, 0.2) is 0 Å². The molecule has 0 atom stereocenters. The van der Waals surface area contributed by atoms with Crippen molar-refractivity contribution in [2.75, 3.05) is 0 Å². The molecule has 0 spiro atoms. The zero-order valence-electron chi connectivity index (χ0n) is 11.0. The lowest BCUT2D eigenvalue weighted by Crippen LogP contribution is -2.21. The van der Waals surface area contributed by atoms with Crippen molar-refractivity contribution in [1.29, 1.82) is 0 Å². The second kappa shape index (κ2) is 5.87. The van der Waals surface area contributed by atoms with Gasteiger partial charge in [-0.2, -0.15) is 0 Å². The van der Waals surface area contributed by atoms with Gasteiger partial charge >= 0.3 is 0 Å². The molecule has 2 rings (SSSR count). The van der Waals surface area contributed by atoms with E-state index in [0.29, 0.717) is 6.04 Å². The van der Waals surface area contributed by atoms with E-state index in [1.165, 1.54) is 16.0 Å². The van der Waals surface area contributed by atoms with Crippen molar-refractivity contribution in [2.24, 2.45) is 0 Å². The minimum absolute atomic E-state index is 0.489. The Morgan fingerprint density at radius 3 is 2.61 bits per heavy atom. The van der Waals surface area contributed by atoms with Crippen molar-refractivity contribution in [3.05, 3.63) is 45.1 Å². The van der Waals surface area contributed by atoms with Gasteiger partial charge in [0.1, 0.15) is 0 Å². The summed E-state index contributed by atoms with van der Waals surface area (Å²) in [7, 11) is 0. The Hall–Kier alpha value is -0.830. The summed E-state index contributed by atoms with van der Waals surface area (Å²) in [6.45, 7) is 7.26. The molecule has 0 bridgehead atoms. The Morgan fingerprint density at radius 1 is 1.28 bits per heavy atom. The van der Waals surface area contributed by atoms with Gasteiger partial charge in [-0.05, 0) is 35.6 Å². The summed E-state index contributed by atoms with van der Waals surface area (Å²) in [6.07, 6.45) is 0. The fourth-order valence-electron chi connectivity index (χ4n) is 1.81. The molecule has 0 saturated carbocycles. The average molecular weight is 280 g/mol. The van der Waals surface area contributed by atoms with Gasteiger partial charge in [-0.15, -0.1) is 11.3 Å². The molecule has 1 nitrogen and oxygen atoms in total. The summed E-state index contributed by atoms with van der Waals surface area (Å²) < 4.78 is 0. The summed E-state index contributed by atoms with van der Waals surface area (Å²) >= 11 is 8.12. The molecular weight excluding hydrogens is 262 g/mol. The predicted octanol–water partition coefficient (Wildman–Crippen LogP) is 4.87. The van der Waals surface area contributed by atoms with Crippen LogP contribution in [-0.2, 0) is 6.54 Å². The van der Waals surface area contributed by atoms with Crippen LogP contribution in [0.4, 0.5) is 0 Å². The lowest BCUT2D eigenvalue weighted by atomic mass is 10.1. The van der Waals surface area contributed by atoms with Crippen molar-refractivity contribution < 1.29 is 0 Å². The molecule has 18 heavy (non-hydrogen) atoms. The minimum atomic E-state index is 0.489. The molecule has 0 amide bonds. The second-order valence-electron chi connectivity index (χ2n) is 4.80.